The average Bonchev–Trinajstić information content (AvgIpc) is 3.74. The normalized spacial score (nSPS) is 22.3. The first-order valence-corrected chi connectivity index (χ1v) is 19.7. The molecule has 53 heavy (non-hydrogen) atoms. The molecule has 0 bridgehead atoms. The predicted octanol–water partition coefficient (Wildman–Crippen LogP) is 10.8. The van der Waals surface area contributed by atoms with E-state index in [4.69, 9.17) is 28.4 Å². The third-order valence-electron chi connectivity index (χ3n) is 9.46. The summed E-state index contributed by atoms with van der Waals surface area (Å²) >= 11 is 0. The van der Waals surface area contributed by atoms with Gasteiger partial charge in [-0.2, -0.15) is 0 Å². The second-order valence-electron chi connectivity index (χ2n) is 15.0. The standard InChI is InChI=1S/C43H62O10/c1-42(2)36(50-40(46)52-42)25-21-31-48-38(44)27-19-15-11-7-5-9-13-17-23-34-29-30-35(33-34)24-18-14-10-6-8-12-16-20-28-39(45)49-32-22-26-37-43(3,4)53-41(47)51-37/h17-20,23-28,34-35H,5-16,21-22,29-33H2,1-4H3/b23-17?,24-18?,27-19?,28-20?,36-25+,37-26+. The lowest BCUT2D eigenvalue weighted by Gasteiger charge is -2.13. The van der Waals surface area contributed by atoms with Crippen LogP contribution in [0.4, 0.5) is 9.59 Å². The number of carbonyl (C=O) groups is 4. The summed E-state index contributed by atoms with van der Waals surface area (Å²) < 4.78 is 30.6. The summed E-state index contributed by atoms with van der Waals surface area (Å²) in [5.74, 6) is 1.60. The molecule has 0 aromatic carbocycles. The van der Waals surface area contributed by atoms with Crippen LogP contribution in [0.25, 0.3) is 0 Å². The Morgan fingerprint density at radius 2 is 0.962 bits per heavy atom. The van der Waals surface area contributed by atoms with E-state index in [0.717, 1.165) is 51.4 Å². The Kier molecular flexibility index (Phi) is 19.3. The van der Waals surface area contributed by atoms with Gasteiger partial charge in [-0.25, -0.2) is 19.2 Å². The first-order chi connectivity index (χ1) is 25.4. The van der Waals surface area contributed by atoms with E-state index >= 15 is 0 Å². The van der Waals surface area contributed by atoms with Gasteiger partial charge in [0.15, 0.2) is 22.7 Å². The average molecular weight is 739 g/mol. The summed E-state index contributed by atoms with van der Waals surface area (Å²) in [5.41, 5.74) is -1.56. The number of unbranched alkanes of at least 4 members (excludes halogenated alkanes) is 10. The molecule has 2 atom stereocenters. The third kappa shape index (κ3) is 18.0. The zero-order valence-electron chi connectivity index (χ0n) is 32.4. The molecule has 0 aromatic heterocycles. The van der Waals surface area contributed by atoms with Crippen molar-refractivity contribution < 1.29 is 47.6 Å². The fraction of sp³-hybridized carbons (Fsp3) is 0.628. The minimum absolute atomic E-state index is 0.221. The lowest BCUT2D eigenvalue weighted by atomic mass is 10.0. The summed E-state index contributed by atoms with van der Waals surface area (Å²) in [4.78, 5) is 46.3. The van der Waals surface area contributed by atoms with Crippen molar-refractivity contribution in [3.8, 4) is 0 Å². The molecule has 1 saturated carbocycles. The molecule has 2 aliphatic heterocycles. The number of allylic oxidation sites excluding steroid dienone is 6. The maximum atomic E-state index is 11.9. The highest BCUT2D eigenvalue weighted by molar-refractivity contribution is 5.82. The van der Waals surface area contributed by atoms with Crippen molar-refractivity contribution in [1.82, 2.24) is 0 Å². The Bertz CT molecular complexity index is 1260. The molecule has 0 radical (unpaired) electrons. The van der Waals surface area contributed by atoms with Crippen LogP contribution < -0.4 is 0 Å². The Morgan fingerprint density at radius 1 is 0.585 bits per heavy atom. The monoisotopic (exact) mass is 738 g/mol. The van der Waals surface area contributed by atoms with Crippen molar-refractivity contribution in [2.75, 3.05) is 13.2 Å². The zero-order chi connectivity index (χ0) is 38.4. The van der Waals surface area contributed by atoms with Crippen molar-refractivity contribution in [2.24, 2.45) is 11.8 Å². The van der Waals surface area contributed by atoms with Gasteiger partial charge in [0, 0.05) is 25.0 Å². The van der Waals surface area contributed by atoms with E-state index < -0.39 is 23.5 Å². The van der Waals surface area contributed by atoms with E-state index in [2.05, 4.69) is 24.3 Å². The second-order valence-corrected chi connectivity index (χ2v) is 15.0. The second kappa shape index (κ2) is 23.6. The highest BCUT2D eigenvalue weighted by Gasteiger charge is 2.39. The molecule has 10 nitrogen and oxygen atoms in total. The highest BCUT2D eigenvalue weighted by Crippen LogP contribution is 2.33. The summed E-state index contributed by atoms with van der Waals surface area (Å²) in [6.07, 6.45) is 36.4. The summed E-state index contributed by atoms with van der Waals surface area (Å²) in [7, 11) is 0. The number of cyclic esters (lactones) is 4. The lowest BCUT2D eigenvalue weighted by molar-refractivity contribution is -0.138. The van der Waals surface area contributed by atoms with Gasteiger partial charge in [-0.05, 0) is 122 Å². The van der Waals surface area contributed by atoms with E-state index in [0.29, 0.717) is 36.2 Å². The van der Waals surface area contributed by atoms with Gasteiger partial charge < -0.3 is 28.4 Å². The molecule has 1 aliphatic carbocycles. The Hall–Kier alpha value is -4.08. The third-order valence-corrected chi connectivity index (χ3v) is 9.46. The first-order valence-electron chi connectivity index (χ1n) is 19.7. The van der Waals surface area contributed by atoms with Crippen LogP contribution in [0.2, 0.25) is 0 Å². The van der Waals surface area contributed by atoms with Gasteiger partial charge in [0.05, 0.1) is 13.2 Å². The van der Waals surface area contributed by atoms with E-state index in [-0.39, 0.29) is 25.2 Å². The number of ether oxygens (including phenoxy) is 6. The minimum atomic E-state index is -0.782. The van der Waals surface area contributed by atoms with Crippen LogP contribution in [0.5, 0.6) is 0 Å². The molecule has 3 rings (SSSR count). The Morgan fingerprint density at radius 3 is 1.32 bits per heavy atom. The van der Waals surface area contributed by atoms with Crippen molar-refractivity contribution >= 4 is 24.2 Å². The molecule has 2 saturated heterocycles. The van der Waals surface area contributed by atoms with E-state index in [9.17, 15) is 19.2 Å². The van der Waals surface area contributed by atoms with Crippen molar-refractivity contribution in [1.29, 1.82) is 0 Å². The molecule has 0 N–H and O–H groups in total. The van der Waals surface area contributed by atoms with Crippen LogP contribution >= 0.6 is 0 Å². The Balaban J connectivity index is 1.08. The maximum absolute atomic E-state index is 11.9. The van der Waals surface area contributed by atoms with Gasteiger partial charge in [-0.15, -0.1) is 0 Å². The fourth-order valence-electron chi connectivity index (χ4n) is 6.45. The predicted molar refractivity (Wildman–Crippen MR) is 203 cm³/mol. The van der Waals surface area contributed by atoms with E-state index in [1.54, 1.807) is 39.8 Å². The molecule has 0 spiro atoms. The van der Waals surface area contributed by atoms with Crippen LogP contribution in [-0.2, 0) is 38.0 Å². The van der Waals surface area contributed by atoms with E-state index in [1.165, 1.54) is 57.1 Å². The van der Waals surface area contributed by atoms with Gasteiger partial charge in [0.2, 0.25) is 0 Å². The highest BCUT2D eigenvalue weighted by atomic mass is 16.8. The Labute approximate surface area is 316 Å². The maximum Gasteiger partial charge on any atom is 0.514 e. The van der Waals surface area contributed by atoms with Crippen molar-refractivity contribution in [2.45, 2.75) is 148 Å². The summed E-state index contributed by atoms with van der Waals surface area (Å²) in [6, 6.07) is 0. The SMILES string of the molecule is CC1(C)OC(=O)O/C1=C/CCOC(=O)C=CCCCCCCC=CC1CCC(C=CCCCCCCC=CC(=O)OCC/C=C2/OC(=O)OC2(C)C)C1. The first kappa shape index (κ1) is 43.3. The minimum Gasteiger partial charge on any atom is -0.462 e. The van der Waals surface area contributed by atoms with Crippen molar-refractivity contribution in [3.63, 3.8) is 0 Å². The number of hydrogen-bond acceptors (Lipinski definition) is 10. The van der Waals surface area contributed by atoms with Gasteiger partial charge in [0.1, 0.15) is 0 Å². The van der Waals surface area contributed by atoms with Crippen LogP contribution in [0, 0.1) is 11.8 Å². The molecular formula is C43H62O10. The molecule has 3 aliphatic rings. The van der Waals surface area contributed by atoms with Gasteiger partial charge in [-0.1, -0.05) is 62.1 Å². The van der Waals surface area contributed by atoms with Gasteiger partial charge >= 0.3 is 24.2 Å². The smallest absolute Gasteiger partial charge is 0.462 e. The summed E-state index contributed by atoms with van der Waals surface area (Å²) in [6.45, 7) is 7.45. The topological polar surface area (TPSA) is 124 Å². The lowest BCUT2D eigenvalue weighted by Crippen LogP contribution is -2.20. The molecule has 3 fully saturated rings. The van der Waals surface area contributed by atoms with Crippen LogP contribution in [0.15, 0.2) is 72.3 Å². The quantitative estimate of drug-likeness (QED) is 0.0311. The van der Waals surface area contributed by atoms with Crippen LogP contribution in [0.1, 0.15) is 137 Å². The molecule has 2 unspecified atom stereocenters. The molecule has 0 amide bonds. The number of carbonyl (C=O) groups excluding carboxylic acids is 4. The molecule has 10 heteroatoms. The molecule has 294 valence electrons. The zero-order valence-corrected chi connectivity index (χ0v) is 32.4. The molecule has 0 aromatic rings. The molecular weight excluding hydrogens is 676 g/mol. The van der Waals surface area contributed by atoms with Gasteiger partial charge in [0.25, 0.3) is 0 Å². The van der Waals surface area contributed by atoms with Gasteiger partial charge in [-0.3, -0.25) is 0 Å². The number of rotatable bonds is 24. The number of esters is 2. The fourth-order valence-corrected chi connectivity index (χ4v) is 6.45. The molecule has 2 heterocycles. The summed E-state index contributed by atoms with van der Waals surface area (Å²) in [5, 5.41) is 0. The largest absolute Gasteiger partial charge is 0.514 e. The van der Waals surface area contributed by atoms with Crippen LogP contribution in [-0.4, -0.2) is 48.7 Å². The van der Waals surface area contributed by atoms with E-state index in [1.807, 2.05) is 12.2 Å². The van der Waals surface area contributed by atoms with Crippen molar-refractivity contribution in [3.05, 3.63) is 72.3 Å². The van der Waals surface area contributed by atoms with Crippen LogP contribution in [0.3, 0.4) is 0 Å². The number of hydrogen-bond donors (Lipinski definition) is 0.